The fourth-order valence-corrected chi connectivity index (χ4v) is 3.08. The standard InChI is InChI=1S/C16H21ClO5/c1-15(2)21-14-13(18)12(17)9-20-16(14,22-15)10-19-8-11-6-4-3-5-7-11/h3-7,12-14,18H,8-10H2,1-2H3/t12-,13+,14-,16-/m0/s1. The molecular formula is C16H21ClO5. The molecule has 1 N–H and O–H groups in total. The van der Waals surface area contributed by atoms with Gasteiger partial charge in [0.15, 0.2) is 5.79 Å². The molecule has 22 heavy (non-hydrogen) atoms. The Hall–Kier alpha value is -0.690. The van der Waals surface area contributed by atoms with Crippen molar-refractivity contribution < 1.29 is 24.1 Å². The molecule has 1 aromatic carbocycles. The second kappa shape index (κ2) is 6.07. The maximum Gasteiger partial charge on any atom is 0.224 e. The Kier molecular flexibility index (Phi) is 4.47. The monoisotopic (exact) mass is 328 g/mol. The minimum absolute atomic E-state index is 0.163. The molecule has 6 heteroatoms. The van der Waals surface area contributed by atoms with Crippen LogP contribution in [-0.2, 0) is 25.6 Å². The third-order valence-corrected chi connectivity index (χ3v) is 4.23. The maximum absolute atomic E-state index is 10.3. The number of halogens is 1. The minimum Gasteiger partial charge on any atom is -0.389 e. The number of fused-ring (bicyclic) bond motifs is 1. The average molecular weight is 329 g/mol. The zero-order chi connectivity index (χ0) is 15.8. The van der Waals surface area contributed by atoms with Crippen LogP contribution in [0, 0.1) is 0 Å². The molecule has 0 spiro atoms. The Balaban J connectivity index is 1.69. The first-order chi connectivity index (χ1) is 10.4. The summed E-state index contributed by atoms with van der Waals surface area (Å²) >= 11 is 6.07. The smallest absolute Gasteiger partial charge is 0.224 e. The van der Waals surface area contributed by atoms with E-state index in [1.54, 1.807) is 13.8 Å². The predicted octanol–water partition coefficient (Wildman–Crippen LogP) is 2.05. The van der Waals surface area contributed by atoms with Crippen molar-refractivity contribution in [2.75, 3.05) is 13.2 Å². The quantitative estimate of drug-likeness (QED) is 0.857. The van der Waals surface area contributed by atoms with Crippen molar-refractivity contribution in [1.82, 2.24) is 0 Å². The lowest BCUT2D eigenvalue weighted by Crippen LogP contribution is -2.60. The summed E-state index contributed by atoms with van der Waals surface area (Å²) in [5.74, 6) is -1.98. The molecule has 3 rings (SSSR count). The highest BCUT2D eigenvalue weighted by Gasteiger charge is 2.61. The van der Waals surface area contributed by atoms with Crippen LogP contribution >= 0.6 is 11.6 Å². The number of aliphatic hydroxyl groups is 1. The van der Waals surface area contributed by atoms with Crippen molar-refractivity contribution in [3.8, 4) is 0 Å². The van der Waals surface area contributed by atoms with E-state index in [2.05, 4.69) is 0 Å². The molecule has 2 aliphatic rings. The molecule has 0 saturated carbocycles. The summed E-state index contributed by atoms with van der Waals surface area (Å²) in [4.78, 5) is 0. The highest BCUT2D eigenvalue weighted by Crippen LogP contribution is 2.43. The summed E-state index contributed by atoms with van der Waals surface area (Å²) in [6, 6.07) is 9.83. The summed E-state index contributed by atoms with van der Waals surface area (Å²) in [6.45, 7) is 4.35. The summed E-state index contributed by atoms with van der Waals surface area (Å²) < 4.78 is 23.2. The molecule has 0 amide bonds. The largest absolute Gasteiger partial charge is 0.389 e. The molecule has 4 atom stereocenters. The number of aliphatic hydroxyl groups excluding tert-OH is 1. The van der Waals surface area contributed by atoms with Gasteiger partial charge < -0.3 is 24.1 Å². The van der Waals surface area contributed by atoms with Gasteiger partial charge in [-0.2, -0.15) is 0 Å². The second-order valence-corrected chi connectivity index (χ2v) is 6.71. The van der Waals surface area contributed by atoms with Gasteiger partial charge in [-0.15, -0.1) is 11.6 Å². The van der Waals surface area contributed by atoms with Gasteiger partial charge in [0, 0.05) is 0 Å². The van der Waals surface area contributed by atoms with Crippen LogP contribution < -0.4 is 0 Å². The zero-order valence-corrected chi connectivity index (χ0v) is 13.5. The van der Waals surface area contributed by atoms with E-state index in [4.69, 9.17) is 30.5 Å². The van der Waals surface area contributed by atoms with Gasteiger partial charge in [0.05, 0.1) is 18.6 Å². The minimum atomic E-state index is -1.12. The number of rotatable bonds is 4. The zero-order valence-electron chi connectivity index (χ0n) is 12.7. The number of ether oxygens (including phenoxy) is 4. The summed E-state index contributed by atoms with van der Waals surface area (Å²) in [5.41, 5.74) is 1.06. The normalized spacial score (nSPS) is 37.0. The van der Waals surface area contributed by atoms with Crippen molar-refractivity contribution in [2.24, 2.45) is 0 Å². The maximum atomic E-state index is 10.3. The molecule has 2 saturated heterocycles. The van der Waals surface area contributed by atoms with E-state index in [0.717, 1.165) is 5.56 Å². The lowest BCUT2D eigenvalue weighted by Gasteiger charge is -2.40. The Morgan fingerprint density at radius 2 is 2.05 bits per heavy atom. The van der Waals surface area contributed by atoms with Crippen molar-refractivity contribution in [2.45, 2.75) is 49.6 Å². The molecule has 0 aliphatic carbocycles. The van der Waals surface area contributed by atoms with E-state index in [9.17, 15) is 5.11 Å². The Labute approximate surface area is 135 Å². The number of benzene rings is 1. The highest BCUT2D eigenvalue weighted by molar-refractivity contribution is 6.21. The van der Waals surface area contributed by atoms with E-state index < -0.39 is 29.2 Å². The lowest BCUT2D eigenvalue weighted by atomic mass is 9.99. The van der Waals surface area contributed by atoms with Crippen LogP contribution in [0.2, 0.25) is 0 Å². The Morgan fingerprint density at radius 1 is 1.32 bits per heavy atom. The van der Waals surface area contributed by atoms with Gasteiger partial charge in [-0.1, -0.05) is 30.3 Å². The first kappa shape index (κ1) is 16.2. The molecule has 0 radical (unpaired) electrons. The molecule has 1 aromatic rings. The molecular weight excluding hydrogens is 308 g/mol. The van der Waals surface area contributed by atoms with E-state index in [1.165, 1.54) is 0 Å². The molecule has 0 aromatic heterocycles. The molecule has 0 unspecified atom stereocenters. The summed E-state index contributed by atoms with van der Waals surface area (Å²) in [5, 5.41) is 9.77. The van der Waals surface area contributed by atoms with Crippen LogP contribution in [0.5, 0.6) is 0 Å². The van der Waals surface area contributed by atoms with Crippen LogP contribution in [0.25, 0.3) is 0 Å². The Bertz CT molecular complexity index is 509. The summed E-state index contributed by atoms with van der Waals surface area (Å²) in [6.07, 6.45) is -1.54. The van der Waals surface area contributed by atoms with E-state index >= 15 is 0 Å². The van der Waals surface area contributed by atoms with Crippen LogP contribution in [0.4, 0.5) is 0 Å². The number of alkyl halides is 1. The second-order valence-electron chi connectivity index (χ2n) is 6.15. The fourth-order valence-electron chi connectivity index (χ4n) is 2.88. The van der Waals surface area contributed by atoms with Crippen molar-refractivity contribution in [3.05, 3.63) is 35.9 Å². The predicted molar refractivity (Wildman–Crippen MR) is 80.5 cm³/mol. The van der Waals surface area contributed by atoms with Crippen molar-refractivity contribution in [3.63, 3.8) is 0 Å². The first-order valence-corrected chi connectivity index (χ1v) is 7.81. The topological polar surface area (TPSA) is 57.2 Å². The fraction of sp³-hybridized carbons (Fsp3) is 0.625. The van der Waals surface area contributed by atoms with E-state index in [-0.39, 0.29) is 13.2 Å². The molecule has 2 fully saturated rings. The number of hydrogen-bond acceptors (Lipinski definition) is 5. The molecule has 5 nitrogen and oxygen atoms in total. The van der Waals surface area contributed by atoms with Crippen LogP contribution in [-0.4, -0.2) is 47.5 Å². The highest BCUT2D eigenvalue weighted by atomic mass is 35.5. The average Bonchev–Trinajstić information content (AvgIpc) is 2.76. The molecule has 0 bridgehead atoms. The van der Waals surface area contributed by atoms with Gasteiger partial charge in [-0.3, -0.25) is 0 Å². The van der Waals surface area contributed by atoms with Crippen LogP contribution in [0.15, 0.2) is 30.3 Å². The SMILES string of the molecule is CC1(C)O[C@H]2[C@H](O)[C@@H](Cl)CO[C@@]2(COCc2ccccc2)O1. The Morgan fingerprint density at radius 3 is 2.77 bits per heavy atom. The van der Waals surface area contributed by atoms with Gasteiger partial charge in [0.25, 0.3) is 0 Å². The van der Waals surface area contributed by atoms with Gasteiger partial charge in [0.1, 0.15) is 18.8 Å². The van der Waals surface area contributed by atoms with E-state index in [1.807, 2.05) is 30.3 Å². The van der Waals surface area contributed by atoms with E-state index in [0.29, 0.717) is 6.61 Å². The van der Waals surface area contributed by atoms with Crippen LogP contribution in [0.1, 0.15) is 19.4 Å². The van der Waals surface area contributed by atoms with Gasteiger partial charge in [0.2, 0.25) is 5.79 Å². The van der Waals surface area contributed by atoms with Crippen molar-refractivity contribution >= 4 is 11.6 Å². The van der Waals surface area contributed by atoms with Gasteiger partial charge in [-0.25, -0.2) is 0 Å². The molecule has 122 valence electrons. The van der Waals surface area contributed by atoms with Gasteiger partial charge >= 0.3 is 0 Å². The first-order valence-electron chi connectivity index (χ1n) is 7.38. The van der Waals surface area contributed by atoms with Gasteiger partial charge in [-0.05, 0) is 19.4 Å². The third kappa shape index (κ3) is 3.15. The van der Waals surface area contributed by atoms with Crippen LogP contribution in [0.3, 0.4) is 0 Å². The molecule has 2 heterocycles. The number of hydrogen-bond donors (Lipinski definition) is 1. The molecule has 2 aliphatic heterocycles. The third-order valence-electron chi connectivity index (χ3n) is 3.85. The lowest BCUT2D eigenvalue weighted by molar-refractivity contribution is -0.293. The van der Waals surface area contributed by atoms with Crippen molar-refractivity contribution in [1.29, 1.82) is 0 Å². The summed E-state index contributed by atoms with van der Waals surface area (Å²) in [7, 11) is 0.